The lowest BCUT2D eigenvalue weighted by Crippen LogP contribution is -2.00. The highest BCUT2D eigenvalue weighted by molar-refractivity contribution is 9.10. The summed E-state index contributed by atoms with van der Waals surface area (Å²) in [4.78, 5) is 24.0. The number of H-pyrrole nitrogens is 1. The van der Waals surface area contributed by atoms with Gasteiger partial charge in [0.1, 0.15) is 0 Å². The van der Waals surface area contributed by atoms with E-state index in [1.807, 2.05) is 54.6 Å². The first-order valence-corrected chi connectivity index (χ1v) is 36.9. The van der Waals surface area contributed by atoms with E-state index in [0.29, 0.717) is 0 Å². The number of halogens is 1. The first kappa shape index (κ1) is 63.1. The molecule has 0 saturated carbocycles. The molecule has 9 heteroatoms. The quantitative estimate of drug-likeness (QED) is 0.161. The van der Waals surface area contributed by atoms with Gasteiger partial charge < -0.3 is 18.7 Å². The molecule has 6 heterocycles. The molecule has 8 nitrogen and oxygen atoms in total. The molecule has 0 saturated heterocycles. The average Bonchev–Trinajstić information content (AvgIpc) is 1.66. The minimum Gasteiger partial charge on any atom is -0.355 e. The second-order valence-corrected chi connectivity index (χ2v) is 28.4. The van der Waals surface area contributed by atoms with Crippen LogP contribution in [0, 0.1) is 0 Å². The zero-order valence-corrected chi connectivity index (χ0v) is 60.1. The minimum absolute atomic E-state index is 0.723. The maximum absolute atomic E-state index is 5.27. The third kappa shape index (κ3) is 10.8. The topological polar surface area (TPSA) is 82.1 Å². The van der Waals surface area contributed by atoms with Crippen LogP contribution >= 0.6 is 15.9 Å². The normalized spacial score (nSPS) is 11.7. The minimum atomic E-state index is 0.723. The Balaban J connectivity index is 0.000000117. The predicted octanol–water partition coefficient (Wildman–Crippen LogP) is 26.0. The van der Waals surface area contributed by atoms with Gasteiger partial charge in [0.25, 0.3) is 0 Å². The zero-order valence-electron chi connectivity index (χ0n) is 58.5. The molecule has 0 aliphatic rings. The van der Waals surface area contributed by atoms with Gasteiger partial charge in [0, 0.05) is 144 Å². The smallest absolute Gasteiger partial charge is 0.160 e. The second kappa shape index (κ2) is 26.0. The molecular weight excluding hydrogens is 1370 g/mol. The van der Waals surface area contributed by atoms with E-state index in [2.05, 4.69) is 346 Å². The molecular formula is C98H65BrN8. The lowest BCUT2D eigenvalue weighted by Gasteiger charge is -2.17. The Morgan fingerprint density at radius 3 is 1.08 bits per heavy atom. The molecule has 0 spiro atoms. The van der Waals surface area contributed by atoms with Gasteiger partial charge in [-0.2, -0.15) is 0 Å². The van der Waals surface area contributed by atoms with E-state index in [9.17, 15) is 0 Å². The van der Waals surface area contributed by atoms with Crippen molar-refractivity contribution in [1.29, 1.82) is 0 Å². The summed E-state index contributed by atoms with van der Waals surface area (Å²) in [6, 6.07) is 125. The Hall–Kier alpha value is -13.6. The summed E-state index contributed by atoms with van der Waals surface area (Å²) in [5.74, 6) is 1.47. The van der Waals surface area contributed by atoms with Crippen molar-refractivity contribution in [3.8, 4) is 73.2 Å². The Morgan fingerprint density at radius 1 is 0.234 bits per heavy atom. The van der Waals surface area contributed by atoms with Crippen LogP contribution in [0.2, 0.25) is 0 Å². The lowest BCUT2D eigenvalue weighted by atomic mass is 9.99. The van der Waals surface area contributed by atoms with Gasteiger partial charge in [-0.1, -0.05) is 283 Å². The molecule has 0 bridgehead atoms. The van der Waals surface area contributed by atoms with Crippen LogP contribution < -0.4 is 0 Å². The molecule has 6 aromatic heterocycles. The van der Waals surface area contributed by atoms with Gasteiger partial charge >= 0.3 is 0 Å². The van der Waals surface area contributed by atoms with E-state index in [0.717, 1.165) is 110 Å². The van der Waals surface area contributed by atoms with E-state index >= 15 is 0 Å². The van der Waals surface area contributed by atoms with Crippen LogP contribution in [0.4, 0.5) is 0 Å². The number of hydrogen-bond donors (Lipinski definition) is 1. The number of nitrogens with one attached hydrogen (secondary N) is 1. The molecule has 16 aromatic carbocycles. The largest absolute Gasteiger partial charge is 0.355 e. The number of fused-ring (bicyclic) bond motifs is 18. The third-order valence-corrected chi connectivity index (χ3v) is 22.1. The van der Waals surface area contributed by atoms with Crippen molar-refractivity contribution in [2.45, 2.75) is 0 Å². The van der Waals surface area contributed by atoms with Crippen molar-refractivity contribution in [1.82, 2.24) is 38.6 Å². The fourth-order valence-electron chi connectivity index (χ4n) is 16.2. The fraction of sp³-hybridized carbons (Fsp3) is 0.0204. The fourth-order valence-corrected chi connectivity index (χ4v) is 16.8. The highest BCUT2D eigenvalue weighted by atomic mass is 79.9. The maximum Gasteiger partial charge on any atom is 0.160 e. The SMILES string of the molecule is Brc1cc2c(-c3ccccc3)nc(-c3ccccc3)nc2c2ccccc12.Cn1c2ccccc2c2cc(-c3ccc4[nH]c5ccccc5c4c3)ccc21.Cn1c2ccccc2c2cc(-c3ccc4c(c3)c3ccccc3n4-c3cc4c(-c5ccccc5)nc(-c5ccccc5)nc4c4ccccc34)ccc21. The summed E-state index contributed by atoms with van der Waals surface area (Å²) in [5, 5.41) is 16.8. The third-order valence-electron chi connectivity index (χ3n) is 21.4. The average molecular weight is 1430 g/mol. The number of para-hydroxylation sites is 4. The van der Waals surface area contributed by atoms with Crippen molar-refractivity contribution in [2.24, 2.45) is 14.1 Å². The van der Waals surface area contributed by atoms with Crippen molar-refractivity contribution < 1.29 is 0 Å². The van der Waals surface area contributed by atoms with E-state index < -0.39 is 0 Å². The van der Waals surface area contributed by atoms with Crippen molar-refractivity contribution in [2.75, 3.05) is 0 Å². The number of aromatic nitrogens is 8. The van der Waals surface area contributed by atoms with Crippen LogP contribution in [0.25, 0.3) is 204 Å². The van der Waals surface area contributed by atoms with Crippen LogP contribution in [0.5, 0.6) is 0 Å². The summed E-state index contributed by atoms with van der Waals surface area (Å²) < 4.78 is 8.05. The molecule has 22 rings (SSSR count). The first-order valence-electron chi connectivity index (χ1n) is 36.2. The molecule has 0 aliphatic heterocycles. The summed E-state index contributed by atoms with van der Waals surface area (Å²) in [7, 11) is 4.29. The molecule has 22 aromatic rings. The Labute approximate surface area is 624 Å². The number of hydrogen-bond acceptors (Lipinski definition) is 4. The number of benzene rings is 16. The predicted molar refractivity (Wildman–Crippen MR) is 453 cm³/mol. The molecule has 0 atom stereocenters. The molecule has 0 unspecified atom stereocenters. The van der Waals surface area contributed by atoms with E-state index in [4.69, 9.17) is 19.9 Å². The van der Waals surface area contributed by atoms with Crippen LogP contribution in [-0.2, 0) is 14.1 Å². The van der Waals surface area contributed by atoms with Gasteiger partial charge in [-0.3, -0.25) is 0 Å². The van der Waals surface area contributed by atoms with Crippen LogP contribution in [0.1, 0.15) is 0 Å². The molecule has 0 radical (unpaired) electrons. The Bertz CT molecular complexity index is 7280. The number of rotatable bonds is 7. The Kier molecular flexibility index (Phi) is 15.3. The van der Waals surface area contributed by atoms with Crippen LogP contribution in [-0.4, -0.2) is 38.6 Å². The highest BCUT2D eigenvalue weighted by Crippen LogP contribution is 2.44. The summed E-state index contributed by atoms with van der Waals surface area (Å²) in [6.45, 7) is 0. The lowest BCUT2D eigenvalue weighted by molar-refractivity contribution is 1.01. The second-order valence-electron chi connectivity index (χ2n) is 27.5. The monoisotopic (exact) mass is 1430 g/mol. The van der Waals surface area contributed by atoms with Crippen molar-refractivity contribution in [3.05, 3.63) is 356 Å². The molecule has 0 fully saturated rings. The van der Waals surface area contributed by atoms with E-state index in [1.165, 1.54) is 98.4 Å². The molecule has 107 heavy (non-hydrogen) atoms. The Morgan fingerprint density at radius 2 is 0.570 bits per heavy atom. The van der Waals surface area contributed by atoms with Gasteiger partial charge in [0.15, 0.2) is 11.6 Å². The van der Waals surface area contributed by atoms with Crippen molar-refractivity contribution in [3.63, 3.8) is 0 Å². The molecule has 0 amide bonds. The van der Waals surface area contributed by atoms with Gasteiger partial charge in [0.05, 0.1) is 39.1 Å². The molecule has 504 valence electrons. The van der Waals surface area contributed by atoms with E-state index in [1.54, 1.807) is 0 Å². The maximum atomic E-state index is 5.27. The summed E-state index contributed by atoms with van der Waals surface area (Å²) in [5.41, 5.74) is 23.7. The summed E-state index contributed by atoms with van der Waals surface area (Å²) >= 11 is 3.73. The van der Waals surface area contributed by atoms with Crippen LogP contribution in [0.3, 0.4) is 0 Å². The highest BCUT2D eigenvalue weighted by Gasteiger charge is 2.22. The standard InChI is InChI=1S/C49H32N4.C25H18N2.C24H15BrN2/c1-52-42-22-12-10-19-36(42)39-28-33(24-26-43(39)52)34-25-27-45-40(29-34)37-20-11-13-23-44(37)53(45)46-30-41-47(31-14-4-2-5-15-31)50-49(32-16-6-3-7-17-32)51-48(41)38-21-9-8-18-35(38)46;1-27-24-9-5-3-7-19(24)21-15-17(11-13-25(21)27)16-10-12-23-20(14-16)18-6-2-4-8-22(18)26-23;25-21-15-20-22(16-9-3-1-4-10-16)26-24(17-11-5-2-6-12-17)27-23(20)19-14-8-7-13-18(19)21/h2-30H,1H3;2-15,26H,1H3;1-15H. The number of nitrogens with zero attached hydrogens (tertiary/aromatic N) is 7. The van der Waals surface area contributed by atoms with Gasteiger partial charge in [0.2, 0.25) is 0 Å². The van der Waals surface area contributed by atoms with Crippen LogP contribution in [0.15, 0.2) is 356 Å². The van der Waals surface area contributed by atoms with Gasteiger partial charge in [-0.05, 0) is 113 Å². The van der Waals surface area contributed by atoms with Crippen molar-refractivity contribution >= 4 is 147 Å². The van der Waals surface area contributed by atoms with Gasteiger partial charge in [-0.25, -0.2) is 19.9 Å². The zero-order chi connectivity index (χ0) is 71.2. The molecule has 0 aliphatic carbocycles. The first-order chi connectivity index (χ1) is 52.8. The van der Waals surface area contributed by atoms with E-state index in [-0.39, 0.29) is 0 Å². The van der Waals surface area contributed by atoms with Gasteiger partial charge in [-0.15, -0.1) is 0 Å². The summed E-state index contributed by atoms with van der Waals surface area (Å²) in [6.07, 6.45) is 0. The molecule has 1 N–H and O–H groups in total. The number of aryl methyl sites for hydroxylation is 2. The number of aromatic amines is 1.